The van der Waals surface area contributed by atoms with Crippen molar-refractivity contribution in [1.82, 2.24) is 0 Å². The third-order valence-corrected chi connectivity index (χ3v) is 3.30. The van der Waals surface area contributed by atoms with Crippen LogP contribution in [0.2, 0.25) is 0 Å². The number of rotatable bonds is 11. The number of hydrogen-bond acceptors (Lipinski definition) is 7. The lowest BCUT2D eigenvalue weighted by molar-refractivity contribution is -0.139. The first kappa shape index (κ1) is 31.5. The highest BCUT2D eigenvalue weighted by Crippen LogP contribution is 2.12. The van der Waals surface area contributed by atoms with Crippen molar-refractivity contribution in [2.75, 3.05) is 13.7 Å². The fourth-order valence-electron chi connectivity index (χ4n) is 1.65. The molecule has 0 spiro atoms. The van der Waals surface area contributed by atoms with Crippen molar-refractivity contribution in [1.29, 1.82) is 0 Å². The summed E-state index contributed by atoms with van der Waals surface area (Å²) in [4.78, 5) is 41.0. The molecular weight excluding hydrogens is 392 g/mol. The Kier molecular flexibility index (Phi) is 23.3. The van der Waals surface area contributed by atoms with Gasteiger partial charge in [-0.25, -0.2) is 14.4 Å². The number of carbonyl (C=O) groups is 4. The molecule has 0 amide bonds. The summed E-state index contributed by atoms with van der Waals surface area (Å²) < 4.78 is 13.4. The molecule has 170 valence electrons. The van der Waals surface area contributed by atoms with Gasteiger partial charge in [0.25, 0.3) is 0 Å². The highest BCUT2D eigenvalue weighted by molar-refractivity contribution is 5.92. The molecule has 0 rings (SSSR count). The molecule has 0 bridgehead atoms. The highest BCUT2D eigenvalue weighted by atomic mass is 16.5. The fourth-order valence-corrected chi connectivity index (χ4v) is 1.65. The van der Waals surface area contributed by atoms with E-state index < -0.39 is 11.9 Å². The molecule has 0 aliphatic rings. The summed E-state index contributed by atoms with van der Waals surface area (Å²) in [6.07, 6.45) is 8.85. The number of methoxy groups -OCH3 is 1. The van der Waals surface area contributed by atoms with Gasteiger partial charge < -0.3 is 19.3 Å². The van der Waals surface area contributed by atoms with Crippen LogP contribution >= 0.6 is 0 Å². The Balaban J connectivity index is -0.000000389. The van der Waals surface area contributed by atoms with Crippen LogP contribution in [0.4, 0.5) is 0 Å². The Labute approximate surface area is 178 Å². The van der Waals surface area contributed by atoms with Gasteiger partial charge in [-0.1, -0.05) is 52.8 Å². The lowest BCUT2D eigenvalue weighted by atomic mass is 10.0. The van der Waals surface area contributed by atoms with Crippen molar-refractivity contribution < 1.29 is 38.5 Å². The summed E-state index contributed by atoms with van der Waals surface area (Å²) in [6.45, 7) is 15.9. The van der Waals surface area contributed by atoms with E-state index in [2.05, 4.69) is 43.1 Å². The molecule has 0 saturated heterocycles. The SMILES string of the molecule is C=C(C=CC(=O)O)C(=O)OC.C=CC(=O)OCC(CC)CCCC.C=COC(C)=O. The maximum Gasteiger partial charge on any atom is 0.337 e. The van der Waals surface area contributed by atoms with Crippen molar-refractivity contribution in [3.05, 3.63) is 49.8 Å². The molecule has 8 heteroatoms. The summed E-state index contributed by atoms with van der Waals surface area (Å²) in [7, 11) is 1.20. The van der Waals surface area contributed by atoms with Crippen LogP contribution in [0.3, 0.4) is 0 Å². The van der Waals surface area contributed by atoms with Gasteiger partial charge >= 0.3 is 23.9 Å². The Bertz CT molecular complexity index is 590. The average molecular weight is 427 g/mol. The van der Waals surface area contributed by atoms with Gasteiger partial charge in [0.05, 0.1) is 25.6 Å². The topological polar surface area (TPSA) is 116 Å². The minimum Gasteiger partial charge on any atom is -0.478 e. The summed E-state index contributed by atoms with van der Waals surface area (Å²) in [6, 6.07) is 0. The number of unbranched alkanes of at least 4 members (excludes halogenated alkanes) is 1. The molecule has 0 fully saturated rings. The molecule has 0 aliphatic heterocycles. The maximum atomic E-state index is 10.8. The van der Waals surface area contributed by atoms with E-state index in [1.807, 2.05) is 0 Å². The van der Waals surface area contributed by atoms with Crippen LogP contribution in [0.5, 0.6) is 0 Å². The van der Waals surface area contributed by atoms with Crippen molar-refractivity contribution in [2.24, 2.45) is 5.92 Å². The van der Waals surface area contributed by atoms with E-state index in [1.54, 1.807) is 0 Å². The first-order valence-corrected chi connectivity index (χ1v) is 9.34. The maximum absolute atomic E-state index is 10.8. The van der Waals surface area contributed by atoms with Crippen LogP contribution in [0, 0.1) is 5.92 Å². The van der Waals surface area contributed by atoms with Gasteiger partial charge in [0, 0.05) is 19.1 Å². The van der Waals surface area contributed by atoms with Gasteiger partial charge in [-0.2, -0.15) is 0 Å². The second-order valence-corrected chi connectivity index (χ2v) is 5.72. The number of esters is 3. The second kappa shape index (κ2) is 22.1. The predicted molar refractivity (Wildman–Crippen MR) is 114 cm³/mol. The van der Waals surface area contributed by atoms with Gasteiger partial charge in [0.1, 0.15) is 0 Å². The van der Waals surface area contributed by atoms with Crippen molar-refractivity contribution in [2.45, 2.75) is 46.5 Å². The number of carboxylic acid groups (broad SMARTS) is 1. The van der Waals surface area contributed by atoms with Crippen LogP contribution in [-0.2, 0) is 33.4 Å². The number of carbonyl (C=O) groups excluding carboxylic acids is 3. The Morgan fingerprint density at radius 1 is 1.10 bits per heavy atom. The third-order valence-electron chi connectivity index (χ3n) is 3.30. The van der Waals surface area contributed by atoms with Crippen molar-refractivity contribution in [3.63, 3.8) is 0 Å². The van der Waals surface area contributed by atoms with Gasteiger partial charge in [0.15, 0.2) is 0 Å². The summed E-state index contributed by atoms with van der Waals surface area (Å²) >= 11 is 0. The molecule has 0 aromatic heterocycles. The number of ether oxygens (including phenoxy) is 3. The number of carboxylic acids is 1. The quantitative estimate of drug-likeness (QED) is 0.173. The molecule has 0 aliphatic carbocycles. The van der Waals surface area contributed by atoms with Crippen LogP contribution in [0.1, 0.15) is 46.5 Å². The zero-order chi connectivity index (χ0) is 23.9. The lowest BCUT2D eigenvalue weighted by Crippen LogP contribution is -2.12. The molecule has 8 nitrogen and oxygen atoms in total. The van der Waals surface area contributed by atoms with Crippen molar-refractivity contribution in [3.8, 4) is 0 Å². The number of hydrogen-bond donors (Lipinski definition) is 1. The van der Waals surface area contributed by atoms with Gasteiger partial charge in [0.2, 0.25) is 0 Å². The lowest BCUT2D eigenvalue weighted by Gasteiger charge is -2.13. The Morgan fingerprint density at radius 3 is 2.03 bits per heavy atom. The normalized spacial score (nSPS) is 10.1. The van der Waals surface area contributed by atoms with E-state index in [0.29, 0.717) is 12.5 Å². The molecule has 1 atom stereocenters. The minimum atomic E-state index is -1.13. The standard InChI is InChI=1S/C11H20O2.C7H8O4.C4H6O2/c1-4-7-8-10(5-2)9-13-11(12)6-3;1-5(7(10)11-2)3-4-6(8)9;1-3-6-4(2)5/h6,10H,3-5,7-9H2,1-2H3;3-4H,1H2,2H3,(H,8,9);3H,1H2,2H3. The van der Waals surface area contributed by atoms with Crippen LogP contribution in [0.25, 0.3) is 0 Å². The summed E-state index contributed by atoms with van der Waals surface area (Å²) in [5.41, 5.74) is 0.00917. The smallest absolute Gasteiger partial charge is 0.337 e. The molecule has 30 heavy (non-hydrogen) atoms. The molecular formula is C22H34O8. The first-order valence-electron chi connectivity index (χ1n) is 9.34. The van der Waals surface area contributed by atoms with Crippen molar-refractivity contribution >= 4 is 23.9 Å². The average Bonchev–Trinajstić information content (AvgIpc) is 2.71. The fraction of sp³-hybridized carbons (Fsp3) is 0.455. The predicted octanol–water partition coefficient (Wildman–Crippen LogP) is 3.98. The summed E-state index contributed by atoms with van der Waals surface area (Å²) in [5.74, 6) is -1.89. The van der Waals surface area contributed by atoms with Crippen LogP contribution in [0.15, 0.2) is 49.8 Å². The zero-order valence-corrected chi connectivity index (χ0v) is 18.3. The van der Waals surface area contributed by atoms with Crippen LogP contribution in [-0.4, -0.2) is 42.7 Å². The molecule has 0 saturated carbocycles. The molecule has 0 aromatic rings. The van der Waals surface area contributed by atoms with E-state index in [0.717, 1.165) is 31.3 Å². The number of aliphatic carboxylic acids is 1. The second-order valence-electron chi connectivity index (χ2n) is 5.72. The van der Waals surface area contributed by atoms with E-state index in [9.17, 15) is 19.2 Å². The van der Waals surface area contributed by atoms with Gasteiger partial charge in [-0.05, 0) is 18.4 Å². The van der Waals surface area contributed by atoms with Gasteiger partial charge in [-0.15, -0.1) is 0 Å². The molecule has 0 radical (unpaired) electrons. The van der Waals surface area contributed by atoms with E-state index in [-0.39, 0.29) is 17.5 Å². The van der Waals surface area contributed by atoms with Gasteiger partial charge in [-0.3, -0.25) is 4.79 Å². The highest BCUT2D eigenvalue weighted by Gasteiger charge is 2.07. The largest absolute Gasteiger partial charge is 0.478 e. The zero-order valence-electron chi connectivity index (χ0n) is 18.3. The first-order chi connectivity index (χ1) is 14.1. The van der Waals surface area contributed by atoms with E-state index in [1.165, 1.54) is 33.0 Å². The molecule has 1 unspecified atom stereocenters. The van der Waals surface area contributed by atoms with E-state index >= 15 is 0 Å². The Hall–Kier alpha value is -3.16. The summed E-state index contributed by atoms with van der Waals surface area (Å²) in [5, 5.41) is 8.14. The molecule has 0 aromatic carbocycles. The van der Waals surface area contributed by atoms with E-state index in [4.69, 9.17) is 9.84 Å². The third kappa shape index (κ3) is 24.8. The monoisotopic (exact) mass is 426 g/mol. The van der Waals surface area contributed by atoms with Crippen LogP contribution < -0.4 is 0 Å². The molecule has 1 N–H and O–H groups in total. The Morgan fingerprint density at radius 2 is 1.70 bits per heavy atom. The minimum absolute atomic E-state index is 0.00917. The molecule has 0 heterocycles.